The van der Waals surface area contributed by atoms with E-state index < -0.39 is 28.5 Å². The van der Waals surface area contributed by atoms with Gasteiger partial charge in [-0.3, -0.25) is 13.9 Å². The summed E-state index contributed by atoms with van der Waals surface area (Å²) in [6.07, 6.45) is 4.22. The fraction of sp³-hybridized carbons (Fsp3) is 0.375. The van der Waals surface area contributed by atoms with E-state index in [0.29, 0.717) is 12.2 Å². The van der Waals surface area contributed by atoms with Crippen molar-refractivity contribution in [1.29, 1.82) is 0 Å². The molecule has 3 aromatic rings. The van der Waals surface area contributed by atoms with Crippen molar-refractivity contribution >= 4 is 39.1 Å². The number of rotatable bonds is 13. The Labute approximate surface area is 258 Å². The van der Waals surface area contributed by atoms with E-state index in [9.17, 15) is 18.0 Å². The average molecular weight is 628 g/mol. The first-order valence-electron chi connectivity index (χ1n) is 14.3. The van der Waals surface area contributed by atoms with Gasteiger partial charge in [-0.05, 0) is 67.3 Å². The normalized spacial score (nSPS) is 14.1. The van der Waals surface area contributed by atoms with Crippen LogP contribution in [0.3, 0.4) is 0 Å². The highest BCUT2D eigenvalue weighted by Gasteiger charge is 2.35. The molecular formula is C32H38ClN3O6S. The Balaban J connectivity index is 1.75. The number of hydrogen-bond donors (Lipinski definition) is 1. The molecule has 9 nitrogen and oxygen atoms in total. The minimum atomic E-state index is -4.26. The summed E-state index contributed by atoms with van der Waals surface area (Å²) in [5.74, 6) is 0.0742. The topological polar surface area (TPSA) is 105 Å². The maximum Gasteiger partial charge on any atom is 0.264 e. The number of anilines is 1. The maximum absolute atomic E-state index is 14.3. The highest BCUT2D eigenvalue weighted by molar-refractivity contribution is 7.92. The lowest BCUT2D eigenvalue weighted by Crippen LogP contribution is -2.53. The number of benzene rings is 3. The number of carbonyl (C=O) groups excluding carboxylic acids is 2. The lowest BCUT2D eigenvalue weighted by molar-refractivity contribution is -0.140. The Hall–Kier alpha value is -3.76. The zero-order chi connectivity index (χ0) is 31.0. The van der Waals surface area contributed by atoms with Gasteiger partial charge in [0.1, 0.15) is 24.1 Å². The third-order valence-electron chi connectivity index (χ3n) is 7.62. The van der Waals surface area contributed by atoms with Gasteiger partial charge in [0.05, 0.1) is 24.8 Å². The largest absolute Gasteiger partial charge is 0.497 e. The van der Waals surface area contributed by atoms with Crippen molar-refractivity contribution < 1.29 is 27.5 Å². The lowest BCUT2D eigenvalue weighted by atomic mass is 10.1. The van der Waals surface area contributed by atoms with E-state index in [2.05, 4.69) is 5.32 Å². The van der Waals surface area contributed by atoms with Crippen molar-refractivity contribution in [3.63, 3.8) is 0 Å². The molecule has 4 rings (SSSR count). The summed E-state index contributed by atoms with van der Waals surface area (Å²) in [7, 11) is -1.27. The minimum absolute atomic E-state index is 0.00227. The molecule has 0 bridgehead atoms. The molecule has 2 amide bonds. The van der Waals surface area contributed by atoms with Crippen molar-refractivity contribution in [3.8, 4) is 11.5 Å². The van der Waals surface area contributed by atoms with Crippen LogP contribution in [-0.2, 0) is 26.2 Å². The molecule has 0 saturated heterocycles. The smallest absolute Gasteiger partial charge is 0.264 e. The second-order valence-corrected chi connectivity index (χ2v) is 12.7. The molecule has 1 atom stereocenters. The summed E-state index contributed by atoms with van der Waals surface area (Å²) >= 11 is 6.30. The number of sulfonamides is 1. The third-order valence-corrected chi connectivity index (χ3v) is 9.63. The van der Waals surface area contributed by atoms with E-state index >= 15 is 0 Å². The molecule has 1 fully saturated rings. The van der Waals surface area contributed by atoms with Gasteiger partial charge in [0.2, 0.25) is 11.8 Å². The van der Waals surface area contributed by atoms with Gasteiger partial charge in [-0.25, -0.2) is 8.42 Å². The highest BCUT2D eigenvalue weighted by Crippen LogP contribution is 2.35. The minimum Gasteiger partial charge on any atom is -0.497 e. The molecule has 43 heavy (non-hydrogen) atoms. The van der Waals surface area contributed by atoms with Crippen molar-refractivity contribution in [2.75, 3.05) is 25.1 Å². The predicted octanol–water partition coefficient (Wildman–Crippen LogP) is 5.42. The van der Waals surface area contributed by atoms with E-state index in [1.807, 2.05) is 19.1 Å². The quantitative estimate of drug-likeness (QED) is 0.271. The molecule has 0 spiro atoms. The Morgan fingerprint density at radius 3 is 2.26 bits per heavy atom. The Morgan fingerprint density at radius 2 is 1.65 bits per heavy atom. The van der Waals surface area contributed by atoms with Crippen molar-refractivity contribution in [3.05, 3.63) is 83.4 Å². The summed E-state index contributed by atoms with van der Waals surface area (Å²) in [5, 5.41) is 3.39. The molecule has 0 heterocycles. The van der Waals surface area contributed by atoms with Crippen LogP contribution in [0.1, 0.15) is 44.6 Å². The number of methoxy groups -OCH3 is 2. The van der Waals surface area contributed by atoms with Gasteiger partial charge in [0.25, 0.3) is 10.0 Å². The number of hydrogen-bond acceptors (Lipinski definition) is 6. The first-order valence-corrected chi connectivity index (χ1v) is 16.1. The van der Waals surface area contributed by atoms with Crippen LogP contribution in [0.5, 0.6) is 11.5 Å². The molecule has 0 unspecified atom stereocenters. The molecule has 3 aromatic carbocycles. The number of nitrogens with one attached hydrogen (secondary N) is 1. The molecule has 11 heteroatoms. The zero-order valence-corrected chi connectivity index (χ0v) is 26.2. The van der Waals surface area contributed by atoms with E-state index in [4.69, 9.17) is 21.1 Å². The van der Waals surface area contributed by atoms with Gasteiger partial charge >= 0.3 is 0 Å². The Bertz CT molecular complexity index is 1500. The molecule has 1 aliphatic carbocycles. The van der Waals surface area contributed by atoms with Crippen LogP contribution in [-0.4, -0.2) is 58.0 Å². The number of amides is 2. The fourth-order valence-corrected chi connectivity index (χ4v) is 6.91. The van der Waals surface area contributed by atoms with Gasteiger partial charge in [-0.2, -0.15) is 0 Å². The van der Waals surface area contributed by atoms with Crippen molar-refractivity contribution in [2.24, 2.45) is 0 Å². The van der Waals surface area contributed by atoms with Gasteiger partial charge in [-0.15, -0.1) is 0 Å². The predicted molar refractivity (Wildman–Crippen MR) is 167 cm³/mol. The third kappa shape index (κ3) is 7.80. The molecule has 0 aromatic heterocycles. The fourth-order valence-electron chi connectivity index (χ4n) is 5.31. The zero-order valence-electron chi connectivity index (χ0n) is 24.7. The van der Waals surface area contributed by atoms with Crippen LogP contribution in [0.4, 0.5) is 5.69 Å². The molecule has 1 saturated carbocycles. The van der Waals surface area contributed by atoms with Crippen molar-refractivity contribution in [2.45, 2.75) is 62.6 Å². The van der Waals surface area contributed by atoms with Gasteiger partial charge in [0.15, 0.2) is 0 Å². The van der Waals surface area contributed by atoms with Gasteiger partial charge in [0, 0.05) is 17.6 Å². The highest BCUT2D eigenvalue weighted by atomic mass is 35.5. The van der Waals surface area contributed by atoms with Gasteiger partial charge in [-0.1, -0.05) is 61.7 Å². The summed E-state index contributed by atoms with van der Waals surface area (Å²) in [6.45, 7) is 1.34. The van der Waals surface area contributed by atoms with Crippen LogP contribution in [0.15, 0.2) is 77.7 Å². The Morgan fingerprint density at radius 1 is 0.977 bits per heavy atom. The van der Waals surface area contributed by atoms with Crippen LogP contribution < -0.4 is 19.1 Å². The molecule has 0 aliphatic heterocycles. The summed E-state index contributed by atoms with van der Waals surface area (Å²) < 4.78 is 39.9. The van der Waals surface area contributed by atoms with E-state index in [1.165, 1.54) is 30.2 Å². The number of ether oxygens (including phenoxy) is 2. The first-order chi connectivity index (χ1) is 20.7. The monoisotopic (exact) mass is 627 g/mol. The molecule has 1 N–H and O–H groups in total. The number of halogens is 1. The van der Waals surface area contributed by atoms with Crippen LogP contribution in [0.25, 0.3) is 0 Å². The number of nitrogens with zero attached hydrogens (tertiary/aromatic N) is 2. The SMILES string of the molecule is CC[C@H](C(=O)NC1CCCC1)N(Cc1ccc(OC)cc1)C(=O)CN(c1cc(Cl)ccc1OC)S(=O)(=O)c1ccccc1. The van der Waals surface area contributed by atoms with E-state index in [0.717, 1.165) is 35.6 Å². The first kappa shape index (κ1) is 32.2. The summed E-state index contributed by atoms with van der Waals surface area (Å²) in [5.41, 5.74) is 0.874. The Kier molecular flexibility index (Phi) is 10.9. The summed E-state index contributed by atoms with van der Waals surface area (Å²) in [6, 6.07) is 18.9. The summed E-state index contributed by atoms with van der Waals surface area (Å²) in [4.78, 5) is 29.3. The van der Waals surface area contributed by atoms with Crippen LogP contribution in [0.2, 0.25) is 5.02 Å². The van der Waals surface area contributed by atoms with E-state index in [-0.39, 0.29) is 39.8 Å². The van der Waals surface area contributed by atoms with Crippen LogP contribution >= 0.6 is 11.6 Å². The standard InChI is InChI=1S/C32H38ClN3O6S/c1-4-28(32(38)34-25-10-8-9-11-25)35(21-23-14-17-26(41-2)18-15-23)31(37)22-36(29-20-24(33)16-19-30(29)42-3)43(39,40)27-12-6-5-7-13-27/h5-7,12-20,25,28H,4,8-11,21-22H2,1-3H3,(H,34,38)/t28-/m1/s1. The van der Waals surface area contributed by atoms with Crippen molar-refractivity contribution in [1.82, 2.24) is 10.2 Å². The second kappa shape index (κ2) is 14.6. The average Bonchev–Trinajstić information content (AvgIpc) is 3.53. The molecule has 0 radical (unpaired) electrons. The molecular weight excluding hydrogens is 590 g/mol. The lowest BCUT2D eigenvalue weighted by Gasteiger charge is -2.34. The molecule has 1 aliphatic rings. The molecule has 230 valence electrons. The van der Waals surface area contributed by atoms with E-state index in [1.54, 1.807) is 49.6 Å². The number of carbonyl (C=O) groups is 2. The maximum atomic E-state index is 14.3. The second-order valence-electron chi connectivity index (χ2n) is 10.4. The van der Waals surface area contributed by atoms with Gasteiger partial charge < -0.3 is 19.7 Å². The van der Waals surface area contributed by atoms with Crippen LogP contribution in [0, 0.1) is 0 Å².